The smallest absolute Gasteiger partial charge is 0.0996 e. The molecule has 0 atom stereocenters. The summed E-state index contributed by atoms with van der Waals surface area (Å²) in [6, 6.07) is 19.9. The van der Waals surface area contributed by atoms with Crippen molar-refractivity contribution in [1.29, 1.82) is 0 Å². The Balaban J connectivity index is 0.00000128. The first-order chi connectivity index (χ1) is 7.45. The molecule has 2 nitrogen and oxygen atoms in total. The third-order valence-electron chi connectivity index (χ3n) is 2.05. The Morgan fingerprint density at radius 1 is 0.812 bits per heavy atom. The molecule has 0 fully saturated rings. The van der Waals surface area contributed by atoms with Crippen LogP contribution in [-0.2, 0) is 11.4 Å². The molecule has 2 aromatic rings. The molecule has 0 aliphatic rings. The van der Waals surface area contributed by atoms with Crippen molar-refractivity contribution in [3.8, 4) is 0 Å². The molecule has 2 rings (SSSR count). The number of para-hydroxylation sites is 1. The van der Waals surface area contributed by atoms with Crippen molar-refractivity contribution in [3.05, 3.63) is 66.2 Å². The number of halogens is 1. The van der Waals surface area contributed by atoms with E-state index in [-0.39, 0.29) is 12.4 Å². The van der Waals surface area contributed by atoms with Crippen molar-refractivity contribution in [2.24, 2.45) is 0 Å². The highest BCUT2D eigenvalue weighted by Crippen LogP contribution is 2.06. The summed E-state index contributed by atoms with van der Waals surface area (Å²) in [5.41, 5.74) is 5.01. The quantitative estimate of drug-likeness (QED) is 0.817. The predicted octanol–water partition coefficient (Wildman–Crippen LogP) is 3.65. The predicted molar refractivity (Wildman–Crippen MR) is 68.5 cm³/mol. The van der Waals surface area contributed by atoms with Gasteiger partial charge in [0.05, 0.1) is 12.3 Å². The zero-order valence-electron chi connectivity index (χ0n) is 8.80. The lowest BCUT2D eigenvalue weighted by molar-refractivity contribution is 0.180. The summed E-state index contributed by atoms with van der Waals surface area (Å²) in [5, 5.41) is 0. The summed E-state index contributed by atoms with van der Waals surface area (Å²) in [5.74, 6) is 0. The van der Waals surface area contributed by atoms with E-state index in [4.69, 9.17) is 4.84 Å². The molecule has 0 heterocycles. The highest BCUT2D eigenvalue weighted by atomic mass is 35.5. The zero-order chi connectivity index (χ0) is 10.3. The molecule has 84 valence electrons. The van der Waals surface area contributed by atoms with E-state index in [1.165, 1.54) is 0 Å². The number of hydrogen-bond donors (Lipinski definition) is 1. The molecule has 0 saturated heterocycles. The van der Waals surface area contributed by atoms with Gasteiger partial charge in [-0.2, -0.15) is 0 Å². The van der Waals surface area contributed by atoms with Crippen LogP contribution in [0.25, 0.3) is 0 Å². The maximum absolute atomic E-state index is 5.36. The molecule has 0 bridgehead atoms. The van der Waals surface area contributed by atoms with Crippen LogP contribution in [0.3, 0.4) is 0 Å². The largest absolute Gasteiger partial charge is 0.271 e. The first-order valence-corrected chi connectivity index (χ1v) is 4.92. The lowest BCUT2D eigenvalue weighted by Gasteiger charge is -2.06. The molecular formula is C13H14ClNO. The third-order valence-corrected chi connectivity index (χ3v) is 2.05. The minimum atomic E-state index is 0. The second-order valence-corrected chi connectivity index (χ2v) is 3.24. The van der Waals surface area contributed by atoms with Gasteiger partial charge in [-0.15, -0.1) is 12.4 Å². The van der Waals surface area contributed by atoms with Crippen LogP contribution in [0.15, 0.2) is 60.7 Å². The number of rotatable bonds is 4. The maximum atomic E-state index is 5.36. The Labute approximate surface area is 102 Å². The zero-order valence-corrected chi connectivity index (χ0v) is 9.61. The summed E-state index contributed by atoms with van der Waals surface area (Å²) in [7, 11) is 0. The van der Waals surface area contributed by atoms with E-state index in [2.05, 4.69) is 5.48 Å². The van der Waals surface area contributed by atoms with Crippen molar-refractivity contribution < 1.29 is 4.84 Å². The Kier molecular flexibility index (Phi) is 5.40. The molecule has 0 radical (unpaired) electrons. The number of nitrogens with one attached hydrogen (secondary N) is 1. The van der Waals surface area contributed by atoms with Gasteiger partial charge in [-0.1, -0.05) is 48.5 Å². The number of hydrogen-bond acceptors (Lipinski definition) is 2. The first kappa shape index (κ1) is 12.6. The van der Waals surface area contributed by atoms with Crippen molar-refractivity contribution >= 4 is 18.1 Å². The standard InChI is InChI=1S/C13H13NO.ClH/c1-3-7-12(8-4-1)11-15-14-13-9-5-2-6-10-13;/h1-10,14H,11H2;1H. The molecule has 2 aromatic carbocycles. The van der Waals surface area contributed by atoms with Gasteiger partial charge in [0, 0.05) is 0 Å². The Morgan fingerprint density at radius 2 is 1.38 bits per heavy atom. The van der Waals surface area contributed by atoms with Crippen molar-refractivity contribution in [3.63, 3.8) is 0 Å². The first-order valence-electron chi connectivity index (χ1n) is 4.92. The maximum Gasteiger partial charge on any atom is 0.0996 e. The number of anilines is 1. The van der Waals surface area contributed by atoms with Crippen molar-refractivity contribution in [2.75, 3.05) is 5.48 Å². The molecule has 0 aromatic heterocycles. The Hall–Kier alpha value is -1.51. The van der Waals surface area contributed by atoms with Gasteiger partial charge in [-0.3, -0.25) is 10.3 Å². The second-order valence-electron chi connectivity index (χ2n) is 3.24. The molecule has 0 aliphatic carbocycles. The van der Waals surface area contributed by atoms with E-state index < -0.39 is 0 Å². The fourth-order valence-corrected chi connectivity index (χ4v) is 1.28. The molecular weight excluding hydrogens is 222 g/mol. The van der Waals surface area contributed by atoms with Crippen LogP contribution in [0.5, 0.6) is 0 Å². The third kappa shape index (κ3) is 3.93. The topological polar surface area (TPSA) is 21.3 Å². The van der Waals surface area contributed by atoms with Crippen LogP contribution in [0, 0.1) is 0 Å². The Bertz CT molecular complexity index is 352. The molecule has 0 aliphatic heterocycles. The highest BCUT2D eigenvalue weighted by molar-refractivity contribution is 5.85. The van der Waals surface area contributed by atoms with Crippen LogP contribution in [0.4, 0.5) is 5.69 Å². The van der Waals surface area contributed by atoms with Gasteiger partial charge in [0.25, 0.3) is 0 Å². The highest BCUT2D eigenvalue weighted by Gasteiger charge is 1.91. The van der Waals surface area contributed by atoms with Crippen LogP contribution in [0.2, 0.25) is 0 Å². The van der Waals surface area contributed by atoms with Crippen molar-refractivity contribution in [1.82, 2.24) is 0 Å². The second kappa shape index (κ2) is 6.88. The molecule has 0 amide bonds. The summed E-state index contributed by atoms with van der Waals surface area (Å²) < 4.78 is 0. The fourth-order valence-electron chi connectivity index (χ4n) is 1.28. The van der Waals surface area contributed by atoms with E-state index in [1.54, 1.807) is 0 Å². The monoisotopic (exact) mass is 235 g/mol. The van der Waals surface area contributed by atoms with Crippen LogP contribution < -0.4 is 5.48 Å². The van der Waals surface area contributed by atoms with E-state index in [0.717, 1.165) is 11.3 Å². The minimum absolute atomic E-state index is 0. The van der Waals surface area contributed by atoms with E-state index in [1.807, 2.05) is 60.7 Å². The van der Waals surface area contributed by atoms with Gasteiger partial charge in [0.1, 0.15) is 0 Å². The molecule has 0 saturated carbocycles. The summed E-state index contributed by atoms with van der Waals surface area (Å²) in [6.07, 6.45) is 0. The summed E-state index contributed by atoms with van der Waals surface area (Å²) in [6.45, 7) is 0.565. The molecule has 0 spiro atoms. The van der Waals surface area contributed by atoms with Gasteiger partial charge in [0.2, 0.25) is 0 Å². The van der Waals surface area contributed by atoms with Crippen LogP contribution >= 0.6 is 12.4 Å². The van der Waals surface area contributed by atoms with Crippen LogP contribution in [-0.4, -0.2) is 0 Å². The summed E-state index contributed by atoms with van der Waals surface area (Å²) >= 11 is 0. The normalized spacial score (nSPS) is 9.25. The fraction of sp³-hybridized carbons (Fsp3) is 0.0769. The van der Waals surface area contributed by atoms with Crippen molar-refractivity contribution in [2.45, 2.75) is 6.61 Å². The molecule has 16 heavy (non-hydrogen) atoms. The molecule has 3 heteroatoms. The van der Waals surface area contributed by atoms with E-state index in [9.17, 15) is 0 Å². The molecule has 1 N–H and O–H groups in total. The minimum Gasteiger partial charge on any atom is -0.271 e. The SMILES string of the molecule is Cl.c1ccc(CONc2ccccc2)cc1. The van der Waals surface area contributed by atoms with Crippen LogP contribution in [0.1, 0.15) is 5.56 Å². The van der Waals surface area contributed by atoms with E-state index in [0.29, 0.717) is 6.61 Å². The molecule has 0 unspecified atom stereocenters. The lowest BCUT2D eigenvalue weighted by Crippen LogP contribution is -2.00. The Morgan fingerprint density at radius 3 is 2.00 bits per heavy atom. The van der Waals surface area contributed by atoms with Gasteiger partial charge in [0.15, 0.2) is 0 Å². The van der Waals surface area contributed by atoms with Gasteiger partial charge in [-0.25, -0.2) is 0 Å². The van der Waals surface area contributed by atoms with Gasteiger partial charge < -0.3 is 0 Å². The average Bonchev–Trinajstić information content (AvgIpc) is 2.32. The van der Waals surface area contributed by atoms with Gasteiger partial charge >= 0.3 is 0 Å². The average molecular weight is 236 g/mol. The summed E-state index contributed by atoms with van der Waals surface area (Å²) in [4.78, 5) is 5.36. The number of benzene rings is 2. The van der Waals surface area contributed by atoms with E-state index >= 15 is 0 Å². The van der Waals surface area contributed by atoms with Gasteiger partial charge in [-0.05, 0) is 17.7 Å². The lowest BCUT2D eigenvalue weighted by atomic mass is 10.2.